The smallest absolute Gasteiger partial charge is 0.0641 e. The van der Waals surface area contributed by atoms with E-state index in [0.717, 1.165) is 39.5 Å². The summed E-state index contributed by atoms with van der Waals surface area (Å²) < 4.78 is 11.8. The van der Waals surface area contributed by atoms with Gasteiger partial charge in [-0.05, 0) is 25.0 Å². The molecule has 1 aromatic rings. The molecule has 0 bridgehead atoms. The lowest BCUT2D eigenvalue weighted by molar-refractivity contribution is 0.129. The third-order valence-corrected chi connectivity index (χ3v) is 8.27. The van der Waals surface area contributed by atoms with Gasteiger partial charge in [-0.25, -0.2) is 0 Å². The van der Waals surface area contributed by atoms with Crippen LogP contribution in [0.4, 0.5) is 5.69 Å². The van der Waals surface area contributed by atoms with Gasteiger partial charge in [-0.3, -0.25) is 0 Å². The fourth-order valence-electron chi connectivity index (χ4n) is 2.97. The molecule has 1 aromatic carbocycles. The van der Waals surface area contributed by atoms with Crippen molar-refractivity contribution in [2.45, 2.75) is 64.2 Å². The largest absolute Gasteiger partial charge is 0.380 e. The molecule has 0 aliphatic carbocycles. The number of nitrogens with zero attached hydrogens (tertiary/aromatic N) is 1. The van der Waals surface area contributed by atoms with Crippen molar-refractivity contribution in [1.29, 1.82) is 0 Å². The summed E-state index contributed by atoms with van der Waals surface area (Å²) in [5.74, 6) is 0. The normalized spacial score (nSPS) is 12.4. The van der Waals surface area contributed by atoms with Crippen LogP contribution >= 0.6 is 0 Å². The number of benzene rings is 1. The lowest BCUT2D eigenvalue weighted by atomic mass is 10.3. The summed E-state index contributed by atoms with van der Waals surface area (Å²) in [5, 5.41) is 0. The standard InChI is InChI=1S/C22H43NO2Si2/c1-26(2,3)20-10-16-24-18-14-23(22-12-8-7-9-13-22)15-19-25-17-11-21-27(4,5)6/h7-9,12-13H,10-11,14-21H2,1-6H3. The van der Waals surface area contributed by atoms with Gasteiger partial charge in [0.05, 0.1) is 13.2 Å². The molecule has 0 amide bonds. The van der Waals surface area contributed by atoms with Crippen molar-refractivity contribution in [3.8, 4) is 0 Å². The molecule has 0 heterocycles. The van der Waals surface area contributed by atoms with Crippen LogP contribution in [-0.4, -0.2) is 55.7 Å². The summed E-state index contributed by atoms with van der Waals surface area (Å²) >= 11 is 0. The first-order valence-corrected chi connectivity index (χ1v) is 18.0. The van der Waals surface area contributed by atoms with Gasteiger partial charge in [0.2, 0.25) is 0 Å². The molecule has 0 aromatic heterocycles. The number of para-hydroxylation sites is 1. The number of hydrogen-bond donors (Lipinski definition) is 0. The molecule has 0 radical (unpaired) electrons. The van der Waals surface area contributed by atoms with Gasteiger partial charge >= 0.3 is 0 Å². The van der Waals surface area contributed by atoms with Crippen LogP contribution in [0.25, 0.3) is 0 Å². The van der Waals surface area contributed by atoms with Crippen LogP contribution in [0.5, 0.6) is 0 Å². The first kappa shape index (κ1) is 24.4. The minimum Gasteiger partial charge on any atom is -0.380 e. The van der Waals surface area contributed by atoms with Gasteiger partial charge < -0.3 is 14.4 Å². The van der Waals surface area contributed by atoms with E-state index in [0.29, 0.717) is 0 Å². The molecular formula is C22H43NO2Si2. The Kier molecular flexibility index (Phi) is 11.5. The summed E-state index contributed by atoms with van der Waals surface area (Å²) in [6.07, 6.45) is 2.39. The predicted octanol–water partition coefficient (Wildman–Crippen LogP) is 5.98. The van der Waals surface area contributed by atoms with Crippen molar-refractivity contribution < 1.29 is 9.47 Å². The molecule has 0 aliphatic rings. The zero-order chi connectivity index (χ0) is 20.2. The summed E-state index contributed by atoms with van der Waals surface area (Å²) in [4.78, 5) is 2.39. The number of anilines is 1. The monoisotopic (exact) mass is 409 g/mol. The fraction of sp³-hybridized carbons (Fsp3) is 0.727. The lowest BCUT2D eigenvalue weighted by Crippen LogP contribution is -2.31. The minimum atomic E-state index is -0.937. The Bertz CT molecular complexity index is 457. The topological polar surface area (TPSA) is 21.7 Å². The molecule has 0 N–H and O–H groups in total. The molecule has 27 heavy (non-hydrogen) atoms. The van der Waals surface area contributed by atoms with Crippen LogP contribution in [-0.2, 0) is 9.47 Å². The molecule has 0 saturated heterocycles. The van der Waals surface area contributed by atoms with Crippen LogP contribution < -0.4 is 4.90 Å². The Morgan fingerprint density at radius 1 is 0.667 bits per heavy atom. The highest BCUT2D eigenvalue weighted by Gasteiger charge is 2.13. The van der Waals surface area contributed by atoms with E-state index in [1.165, 1.54) is 30.6 Å². The van der Waals surface area contributed by atoms with Crippen LogP contribution in [0.1, 0.15) is 12.8 Å². The molecule has 156 valence electrons. The Hall–Kier alpha value is -0.626. The van der Waals surface area contributed by atoms with E-state index in [2.05, 4.69) is 74.5 Å². The maximum absolute atomic E-state index is 5.91. The molecule has 3 nitrogen and oxygen atoms in total. The predicted molar refractivity (Wildman–Crippen MR) is 126 cm³/mol. The fourth-order valence-corrected chi connectivity index (χ4v) is 5.38. The second-order valence-corrected chi connectivity index (χ2v) is 21.1. The van der Waals surface area contributed by atoms with E-state index in [9.17, 15) is 0 Å². The highest BCUT2D eigenvalue weighted by Crippen LogP contribution is 2.14. The van der Waals surface area contributed by atoms with Crippen molar-refractivity contribution in [1.82, 2.24) is 0 Å². The molecule has 5 heteroatoms. The molecule has 0 saturated carbocycles. The van der Waals surface area contributed by atoms with Crippen LogP contribution in [0.15, 0.2) is 30.3 Å². The molecule has 1 rings (SSSR count). The van der Waals surface area contributed by atoms with Crippen molar-refractivity contribution >= 4 is 21.8 Å². The van der Waals surface area contributed by atoms with E-state index in [1.807, 2.05) is 0 Å². The Balaban J connectivity index is 2.28. The van der Waals surface area contributed by atoms with E-state index < -0.39 is 16.1 Å². The SMILES string of the molecule is C[Si](C)(C)CCCOCCN(CCOCCC[Si](C)(C)C)c1ccccc1. The second-order valence-electron chi connectivity index (χ2n) is 9.88. The van der Waals surface area contributed by atoms with Gasteiger partial charge in [0.25, 0.3) is 0 Å². The molecule has 0 atom stereocenters. The van der Waals surface area contributed by atoms with Gasteiger partial charge in [-0.1, -0.05) is 69.6 Å². The van der Waals surface area contributed by atoms with E-state index >= 15 is 0 Å². The zero-order valence-corrected chi connectivity index (χ0v) is 20.7. The van der Waals surface area contributed by atoms with Gasteiger partial charge in [-0.15, -0.1) is 0 Å². The molecule has 0 aliphatic heterocycles. The van der Waals surface area contributed by atoms with Crippen LogP contribution in [0, 0.1) is 0 Å². The van der Waals surface area contributed by atoms with Gasteiger partial charge in [0.1, 0.15) is 0 Å². The average Bonchev–Trinajstić information content (AvgIpc) is 2.58. The van der Waals surface area contributed by atoms with Crippen LogP contribution in [0.2, 0.25) is 51.4 Å². The number of rotatable bonds is 15. The molecular weight excluding hydrogens is 366 g/mol. The zero-order valence-electron chi connectivity index (χ0n) is 18.7. The summed E-state index contributed by atoms with van der Waals surface area (Å²) in [7, 11) is -1.87. The third-order valence-electron chi connectivity index (χ3n) is 4.56. The first-order valence-electron chi connectivity index (χ1n) is 10.6. The van der Waals surface area contributed by atoms with E-state index in [1.54, 1.807) is 0 Å². The summed E-state index contributed by atoms with van der Waals surface area (Å²) in [5.41, 5.74) is 1.26. The van der Waals surface area contributed by atoms with Gasteiger partial charge in [0.15, 0.2) is 0 Å². The van der Waals surface area contributed by atoms with E-state index in [-0.39, 0.29) is 0 Å². The third kappa shape index (κ3) is 14.1. The molecule has 0 spiro atoms. The second kappa shape index (κ2) is 12.8. The molecule has 0 unspecified atom stereocenters. The highest BCUT2D eigenvalue weighted by molar-refractivity contribution is 6.76. The Morgan fingerprint density at radius 2 is 1.11 bits per heavy atom. The van der Waals surface area contributed by atoms with Crippen molar-refractivity contribution in [2.75, 3.05) is 44.4 Å². The van der Waals surface area contributed by atoms with Gasteiger partial charge in [-0.2, -0.15) is 0 Å². The highest BCUT2D eigenvalue weighted by atomic mass is 28.3. The Labute approximate surface area is 170 Å². The molecule has 0 fully saturated rings. The minimum absolute atomic E-state index is 0.788. The number of ether oxygens (including phenoxy) is 2. The number of hydrogen-bond acceptors (Lipinski definition) is 3. The van der Waals surface area contributed by atoms with Crippen molar-refractivity contribution in [3.63, 3.8) is 0 Å². The Morgan fingerprint density at radius 3 is 1.52 bits per heavy atom. The maximum atomic E-state index is 5.91. The lowest BCUT2D eigenvalue weighted by Gasteiger charge is -2.25. The summed E-state index contributed by atoms with van der Waals surface area (Å²) in [6.45, 7) is 19.8. The van der Waals surface area contributed by atoms with Gasteiger partial charge in [0, 0.05) is 48.1 Å². The maximum Gasteiger partial charge on any atom is 0.0641 e. The quantitative estimate of drug-likeness (QED) is 0.262. The first-order chi connectivity index (χ1) is 12.7. The van der Waals surface area contributed by atoms with Crippen molar-refractivity contribution in [3.05, 3.63) is 30.3 Å². The average molecular weight is 410 g/mol. The van der Waals surface area contributed by atoms with E-state index in [4.69, 9.17) is 9.47 Å². The van der Waals surface area contributed by atoms with Crippen molar-refractivity contribution in [2.24, 2.45) is 0 Å². The van der Waals surface area contributed by atoms with Crippen LogP contribution in [0.3, 0.4) is 0 Å². The summed E-state index contributed by atoms with van der Waals surface area (Å²) in [6, 6.07) is 13.3.